The van der Waals surface area contributed by atoms with Crippen molar-refractivity contribution in [2.75, 3.05) is 6.61 Å². The number of rotatable bonds is 3. The van der Waals surface area contributed by atoms with E-state index in [0.29, 0.717) is 12.5 Å². The van der Waals surface area contributed by atoms with E-state index < -0.39 is 0 Å². The molecule has 1 aromatic rings. The van der Waals surface area contributed by atoms with Gasteiger partial charge in [-0.3, -0.25) is 4.79 Å². The van der Waals surface area contributed by atoms with E-state index >= 15 is 0 Å². The molecule has 0 bridgehead atoms. The molecule has 1 heterocycles. The maximum Gasteiger partial charge on any atom is 0.309 e. The predicted octanol–water partition coefficient (Wildman–Crippen LogP) is 2.51. The van der Waals surface area contributed by atoms with Crippen molar-refractivity contribution in [3.63, 3.8) is 0 Å². The molecule has 0 radical (unpaired) electrons. The average Bonchev–Trinajstić information content (AvgIpc) is 2.99. The first-order chi connectivity index (χ1) is 7.22. The molecule has 2 rings (SSSR count). The van der Waals surface area contributed by atoms with Crippen LogP contribution >= 0.6 is 15.9 Å². The normalized spacial score (nSPS) is 23.6. The lowest BCUT2D eigenvalue weighted by atomic mass is 10.1. The molecule has 2 atom stereocenters. The van der Waals surface area contributed by atoms with Crippen molar-refractivity contribution < 1.29 is 9.53 Å². The Kier molecular flexibility index (Phi) is 3.05. The smallest absolute Gasteiger partial charge is 0.309 e. The quantitative estimate of drug-likeness (QED) is 0.625. The van der Waals surface area contributed by atoms with Crippen LogP contribution in [0.15, 0.2) is 22.9 Å². The van der Waals surface area contributed by atoms with Crippen LogP contribution in [0.3, 0.4) is 0 Å². The maximum absolute atomic E-state index is 11.4. The largest absolute Gasteiger partial charge is 0.466 e. The van der Waals surface area contributed by atoms with Crippen LogP contribution < -0.4 is 0 Å². The molecule has 1 fully saturated rings. The van der Waals surface area contributed by atoms with Gasteiger partial charge in [0.05, 0.1) is 12.5 Å². The second-order valence-electron chi connectivity index (χ2n) is 3.61. The summed E-state index contributed by atoms with van der Waals surface area (Å²) in [5, 5.41) is 0. The van der Waals surface area contributed by atoms with Crippen molar-refractivity contribution in [3.8, 4) is 0 Å². The Balaban J connectivity index is 1.98. The Bertz CT molecular complexity index is 363. The molecule has 0 amide bonds. The van der Waals surface area contributed by atoms with Gasteiger partial charge in [0.15, 0.2) is 0 Å². The van der Waals surface area contributed by atoms with Gasteiger partial charge in [-0.2, -0.15) is 0 Å². The summed E-state index contributed by atoms with van der Waals surface area (Å²) in [6, 6.07) is 3.90. The van der Waals surface area contributed by atoms with Gasteiger partial charge in [0.2, 0.25) is 0 Å². The maximum atomic E-state index is 11.4. The molecule has 0 aliphatic heterocycles. The van der Waals surface area contributed by atoms with E-state index in [-0.39, 0.29) is 11.9 Å². The Morgan fingerprint density at radius 1 is 1.67 bits per heavy atom. The van der Waals surface area contributed by atoms with Crippen LogP contribution in [0.1, 0.15) is 24.8 Å². The average molecular weight is 270 g/mol. The number of aromatic nitrogens is 1. The zero-order chi connectivity index (χ0) is 10.8. The highest BCUT2D eigenvalue weighted by Gasteiger charge is 2.45. The Morgan fingerprint density at radius 2 is 2.47 bits per heavy atom. The van der Waals surface area contributed by atoms with Gasteiger partial charge in [0.25, 0.3) is 0 Å². The van der Waals surface area contributed by atoms with Crippen molar-refractivity contribution in [2.24, 2.45) is 5.92 Å². The fourth-order valence-electron chi connectivity index (χ4n) is 1.68. The molecule has 0 saturated heterocycles. The molecule has 80 valence electrons. The summed E-state index contributed by atoms with van der Waals surface area (Å²) in [7, 11) is 0. The zero-order valence-corrected chi connectivity index (χ0v) is 10.0. The third kappa shape index (κ3) is 2.37. The minimum Gasteiger partial charge on any atom is -0.466 e. The van der Waals surface area contributed by atoms with Crippen LogP contribution in [-0.4, -0.2) is 17.6 Å². The molecular formula is C11H12BrNO2. The Labute approximate surface area is 97.0 Å². The van der Waals surface area contributed by atoms with Crippen molar-refractivity contribution in [1.29, 1.82) is 0 Å². The fraction of sp³-hybridized carbons (Fsp3) is 0.455. The summed E-state index contributed by atoms with van der Waals surface area (Å²) in [6.07, 6.45) is 2.70. The number of carbonyl (C=O) groups is 1. The monoisotopic (exact) mass is 269 g/mol. The van der Waals surface area contributed by atoms with Gasteiger partial charge in [-0.1, -0.05) is 6.07 Å². The lowest BCUT2D eigenvalue weighted by molar-refractivity contribution is -0.144. The predicted molar refractivity (Wildman–Crippen MR) is 59.4 cm³/mol. The van der Waals surface area contributed by atoms with Crippen LogP contribution in [0.4, 0.5) is 0 Å². The van der Waals surface area contributed by atoms with E-state index in [1.54, 1.807) is 0 Å². The number of pyridine rings is 1. The standard InChI is InChI=1S/C11H12BrNO2/c1-2-15-11(14)9-5-8(9)7-3-4-10(12)13-6-7/h3-4,6,8-9H,2,5H2,1H3/t8-,9-/m1/s1. The molecule has 1 aliphatic carbocycles. The first-order valence-corrected chi connectivity index (χ1v) is 5.79. The summed E-state index contributed by atoms with van der Waals surface area (Å²) in [4.78, 5) is 15.5. The lowest BCUT2D eigenvalue weighted by Gasteiger charge is -2.01. The molecule has 3 nitrogen and oxygen atoms in total. The highest BCUT2D eigenvalue weighted by atomic mass is 79.9. The topological polar surface area (TPSA) is 39.2 Å². The fourth-order valence-corrected chi connectivity index (χ4v) is 1.91. The van der Waals surface area contributed by atoms with Crippen LogP contribution in [0.2, 0.25) is 0 Å². The van der Waals surface area contributed by atoms with E-state index in [9.17, 15) is 4.79 Å². The second kappa shape index (κ2) is 4.31. The van der Waals surface area contributed by atoms with E-state index in [1.807, 2.05) is 25.3 Å². The number of ether oxygens (including phenoxy) is 1. The summed E-state index contributed by atoms with van der Waals surface area (Å²) < 4.78 is 5.79. The van der Waals surface area contributed by atoms with Crippen LogP contribution in [0, 0.1) is 5.92 Å². The van der Waals surface area contributed by atoms with Gasteiger partial charge in [0.1, 0.15) is 4.60 Å². The molecular weight excluding hydrogens is 258 g/mol. The molecule has 4 heteroatoms. The molecule has 0 N–H and O–H groups in total. The summed E-state index contributed by atoms with van der Waals surface area (Å²) >= 11 is 3.28. The van der Waals surface area contributed by atoms with Gasteiger partial charge >= 0.3 is 5.97 Å². The third-order valence-corrected chi connectivity index (χ3v) is 3.03. The van der Waals surface area contributed by atoms with Crippen LogP contribution in [-0.2, 0) is 9.53 Å². The van der Waals surface area contributed by atoms with Gasteiger partial charge in [-0.25, -0.2) is 4.98 Å². The van der Waals surface area contributed by atoms with Gasteiger partial charge in [0, 0.05) is 6.20 Å². The van der Waals surface area contributed by atoms with Crippen molar-refractivity contribution in [3.05, 3.63) is 28.5 Å². The molecule has 0 spiro atoms. The summed E-state index contributed by atoms with van der Waals surface area (Å²) in [6.45, 7) is 2.29. The molecule has 1 saturated carbocycles. The van der Waals surface area contributed by atoms with Crippen LogP contribution in [0.25, 0.3) is 0 Å². The first-order valence-electron chi connectivity index (χ1n) is 5.00. The van der Waals surface area contributed by atoms with Crippen molar-refractivity contribution in [2.45, 2.75) is 19.3 Å². The van der Waals surface area contributed by atoms with E-state index in [2.05, 4.69) is 20.9 Å². The lowest BCUT2D eigenvalue weighted by Crippen LogP contribution is -2.07. The van der Waals surface area contributed by atoms with Crippen molar-refractivity contribution in [1.82, 2.24) is 4.98 Å². The summed E-state index contributed by atoms with van der Waals surface area (Å²) in [5.74, 6) is 0.281. The number of esters is 1. The van der Waals surface area contributed by atoms with E-state index in [4.69, 9.17) is 4.74 Å². The SMILES string of the molecule is CCOC(=O)[C@@H]1C[C@@H]1c1ccc(Br)nc1. The number of halogens is 1. The van der Waals surface area contributed by atoms with Gasteiger partial charge < -0.3 is 4.74 Å². The second-order valence-corrected chi connectivity index (χ2v) is 4.43. The molecule has 0 aromatic carbocycles. The highest BCUT2D eigenvalue weighted by molar-refractivity contribution is 9.10. The number of carbonyl (C=O) groups excluding carboxylic acids is 1. The Hall–Kier alpha value is -0.900. The number of hydrogen-bond acceptors (Lipinski definition) is 3. The van der Waals surface area contributed by atoms with Gasteiger partial charge in [-0.05, 0) is 46.8 Å². The van der Waals surface area contributed by atoms with Crippen LogP contribution in [0.5, 0.6) is 0 Å². The summed E-state index contributed by atoms with van der Waals surface area (Å²) in [5.41, 5.74) is 1.12. The molecule has 0 unspecified atom stereocenters. The molecule has 1 aromatic heterocycles. The van der Waals surface area contributed by atoms with E-state index in [1.165, 1.54) is 0 Å². The van der Waals surface area contributed by atoms with Gasteiger partial charge in [-0.15, -0.1) is 0 Å². The number of hydrogen-bond donors (Lipinski definition) is 0. The highest BCUT2D eigenvalue weighted by Crippen LogP contribution is 2.47. The molecule has 15 heavy (non-hydrogen) atoms. The minimum absolute atomic E-state index is 0.0490. The Morgan fingerprint density at radius 3 is 3.07 bits per heavy atom. The first kappa shape index (κ1) is 10.6. The third-order valence-electron chi connectivity index (χ3n) is 2.56. The zero-order valence-electron chi connectivity index (χ0n) is 8.44. The van der Waals surface area contributed by atoms with Crippen molar-refractivity contribution >= 4 is 21.9 Å². The molecule has 1 aliphatic rings. The minimum atomic E-state index is -0.0783. The van der Waals surface area contributed by atoms with E-state index in [0.717, 1.165) is 16.6 Å². The number of nitrogens with zero attached hydrogens (tertiary/aromatic N) is 1.